The predicted molar refractivity (Wildman–Crippen MR) is 58.8 cm³/mol. The molecule has 0 saturated heterocycles. The van der Waals surface area contributed by atoms with Crippen molar-refractivity contribution in [2.24, 2.45) is 0 Å². The summed E-state index contributed by atoms with van der Waals surface area (Å²) in [5.74, 6) is 3.58. The largest absolute Gasteiger partial charge is 0.341 e. The highest BCUT2D eigenvalue weighted by molar-refractivity contribution is 5.95. The van der Waals surface area contributed by atoms with E-state index in [0.29, 0.717) is 0 Å². The molecule has 0 spiro atoms. The number of hydrogen-bond donors (Lipinski definition) is 1. The molecular formula is C11H9FN2O3. The molecule has 0 fully saturated rings. The van der Waals surface area contributed by atoms with Gasteiger partial charge in [0, 0.05) is 12.1 Å². The van der Waals surface area contributed by atoms with Gasteiger partial charge in [-0.05, 0) is 13.0 Å². The number of hydrogen-bond acceptors (Lipinski definition) is 3. The lowest BCUT2D eigenvalue weighted by molar-refractivity contribution is -0.384. The Balaban J connectivity index is 2.94. The van der Waals surface area contributed by atoms with Crippen LogP contribution in [-0.4, -0.2) is 17.4 Å². The predicted octanol–water partition coefficient (Wildman–Crippen LogP) is 1.49. The first-order chi connectivity index (χ1) is 8.06. The molecule has 1 amide bonds. The van der Waals surface area contributed by atoms with Gasteiger partial charge in [-0.3, -0.25) is 14.9 Å². The zero-order valence-electron chi connectivity index (χ0n) is 8.99. The van der Waals surface area contributed by atoms with Crippen LogP contribution in [0.4, 0.5) is 10.1 Å². The van der Waals surface area contributed by atoms with Crippen LogP contribution in [0.5, 0.6) is 0 Å². The smallest absolute Gasteiger partial charge is 0.270 e. The van der Waals surface area contributed by atoms with E-state index < -0.39 is 16.6 Å². The van der Waals surface area contributed by atoms with Gasteiger partial charge in [-0.15, -0.1) is 5.92 Å². The topological polar surface area (TPSA) is 72.2 Å². The van der Waals surface area contributed by atoms with Gasteiger partial charge in [0.2, 0.25) is 0 Å². The van der Waals surface area contributed by atoms with Crippen molar-refractivity contribution in [2.75, 3.05) is 6.54 Å². The van der Waals surface area contributed by atoms with Gasteiger partial charge < -0.3 is 5.32 Å². The minimum Gasteiger partial charge on any atom is -0.341 e. The Bertz CT molecular complexity index is 517. The van der Waals surface area contributed by atoms with Crippen LogP contribution >= 0.6 is 0 Å². The summed E-state index contributed by atoms with van der Waals surface area (Å²) >= 11 is 0. The fourth-order valence-electron chi connectivity index (χ4n) is 1.11. The van der Waals surface area contributed by atoms with Crippen molar-refractivity contribution in [1.29, 1.82) is 0 Å². The monoisotopic (exact) mass is 236 g/mol. The van der Waals surface area contributed by atoms with Gasteiger partial charge >= 0.3 is 0 Å². The number of carbonyl (C=O) groups excluding carboxylic acids is 1. The fraction of sp³-hybridized carbons (Fsp3) is 0.182. The molecule has 1 rings (SSSR count). The lowest BCUT2D eigenvalue weighted by Crippen LogP contribution is -2.24. The van der Waals surface area contributed by atoms with Gasteiger partial charge in [-0.2, -0.15) is 0 Å². The van der Waals surface area contributed by atoms with Crippen molar-refractivity contribution < 1.29 is 14.1 Å². The Morgan fingerprint density at radius 3 is 2.88 bits per heavy atom. The molecule has 17 heavy (non-hydrogen) atoms. The quantitative estimate of drug-likeness (QED) is 0.491. The van der Waals surface area contributed by atoms with Crippen molar-refractivity contribution >= 4 is 11.6 Å². The number of benzene rings is 1. The Morgan fingerprint density at radius 1 is 1.59 bits per heavy atom. The summed E-state index contributed by atoms with van der Waals surface area (Å²) in [5.41, 5.74) is -0.699. The van der Waals surface area contributed by atoms with E-state index >= 15 is 0 Å². The van der Waals surface area contributed by atoms with Crippen LogP contribution in [0.15, 0.2) is 18.2 Å². The first-order valence-corrected chi connectivity index (χ1v) is 4.68. The second kappa shape index (κ2) is 5.61. The molecule has 0 bridgehead atoms. The summed E-state index contributed by atoms with van der Waals surface area (Å²) in [6.07, 6.45) is 0. The summed E-state index contributed by atoms with van der Waals surface area (Å²) in [5, 5.41) is 12.8. The van der Waals surface area contributed by atoms with Gasteiger partial charge in [-0.1, -0.05) is 5.92 Å². The van der Waals surface area contributed by atoms with Crippen LogP contribution in [0.1, 0.15) is 17.3 Å². The maximum atomic E-state index is 13.3. The maximum absolute atomic E-state index is 13.3. The van der Waals surface area contributed by atoms with E-state index in [1.807, 2.05) is 0 Å². The second-order valence-corrected chi connectivity index (χ2v) is 3.03. The van der Waals surface area contributed by atoms with E-state index in [2.05, 4.69) is 17.2 Å². The molecule has 0 unspecified atom stereocenters. The lowest BCUT2D eigenvalue weighted by Gasteiger charge is -2.02. The minimum absolute atomic E-state index is 0.0669. The van der Waals surface area contributed by atoms with E-state index in [0.717, 1.165) is 18.2 Å². The number of halogens is 1. The number of non-ortho nitro benzene ring substituents is 1. The Labute approximate surface area is 96.8 Å². The van der Waals surface area contributed by atoms with Crippen molar-refractivity contribution in [3.05, 3.63) is 39.7 Å². The second-order valence-electron chi connectivity index (χ2n) is 3.03. The van der Waals surface area contributed by atoms with Gasteiger partial charge in [0.15, 0.2) is 0 Å². The summed E-state index contributed by atoms with van der Waals surface area (Å²) in [6, 6.07) is 2.78. The molecule has 5 nitrogen and oxygen atoms in total. The average Bonchev–Trinajstić information content (AvgIpc) is 2.29. The molecule has 0 heterocycles. The average molecular weight is 236 g/mol. The van der Waals surface area contributed by atoms with Crippen molar-refractivity contribution in [3.8, 4) is 11.8 Å². The highest BCUT2D eigenvalue weighted by atomic mass is 19.1. The molecule has 88 valence electrons. The molecule has 0 saturated carbocycles. The molecule has 1 N–H and O–H groups in total. The van der Waals surface area contributed by atoms with Crippen LogP contribution < -0.4 is 5.32 Å². The van der Waals surface area contributed by atoms with Gasteiger partial charge in [0.25, 0.3) is 11.6 Å². The standard InChI is InChI=1S/C11H9FN2O3/c1-2-3-6-13-11(15)9-7-8(14(16)17)4-5-10(9)12/h4-5,7H,6H2,1H3,(H,13,15). The first kappa shape index (κ1) is 12.6. The minimum atomic E-state index is -0.808. The molecule has 0 atom stereocenters. The third-order valence-electron chi connectivity index (χ3n) is 1.92. The summed E-state index contributed by atoms with van der Waals surface area (Å²) in [6.45, 7) is 1.66. The van der Waals surface area contributed by atoms with Crippen LogP contribution in [0.3, 0.4) is 0 Å². The molecule has 0 aliphatic rings. The first-order valence-electron chi connectivity index (χ1n) is 4.68. The third-order valence-corrected chi connectivity index (χ3v) is 1.92. The molecule has 1 aromatic carbocycles. The van der Waals surface area contributed by atoms with E-state index in [1.54, 1.807) is 6.92 Å². The Morgan fingerprint density at radius 2 is 2.29 bits per heavy atom. The Hall–Kier alpha value is -2.42. The summed E-state index contributed by atoms with van der Waals surface area (Å²) in [4.78, 5) is 21.3. The number of nitrogens with zero attached hydrogens (tertiary/aromatic N) is 1. The molecule has 0 aromatic heterocycles. The zero-order valence-corrected chi connectivity index (χ0v) is 8.99. The third kappa shape index (κ3) is 3.28. The summed E-state index contributed by atoms with van der Waals surface area (Å²) < 4.78 is 13.3. The van der Waals surface area contributed by atoms with Gasteiger partial charge in [0.05, 0.1) is 17.0 Å². The SMILES string of the molecule is CC#CCNC(=O)c1cc([N+](=O)[O-])ccc1F. The highest BCUT2D eigenvalue weighted by Crippen LogP contribution is 2.16. The van der Waals surface area contributed by atoms with Crippen molar-refractivity contribution in [3.63, 3.8) is 0 Å². The van der Waals surface area contributed by atoms with Crippen LogP contribution in [-0.2, 0) is 0 Å². The maximum Gasteiger partial charge on any atom is 0.270 e. The van der Waals surface area contributed by atoms with Gasteiger partial charge in [-0.25, -0.2) is 4.39 Å². The number of carbonyl (C=O) groups is 1. The number of amides is 1. The normalized spacial score (nSPS) is 9.06. The van der Waals surface area contributed by atoms with E-state index in [1.165, 1.54) is 0 Å². The zero-order chi connectivity index (χ0) is 12.8. The Kier molecular flexibility index (Phi) is 4.17. The summed E-state index contributed by atoms with van der Waals surface area (Å²) in [7, 11) is 0. The molecule has 0 radical (unpaired) electrons. The number of nitrogens with one attached hydrogen (secondary N) is 1. The number of nitro benzene ring substituents is 1. The van der Waals surface area contributed by atoms with E-state index in [4.69, 9.17) is 0 Å². The fourth-order valence-corrected chi connectivity index (χ4v) is 1.11. The van der Waals surface area contributed by atoms with Crippen molar-refractivity contribution in [2.45, 2.75) is 6.92 Å². The molecular weight excluding hydrogens is 227 g/mol. The molecule has 6 heteroatoms. The van der Waals surface area contributed by atoms with Crippen LogP contribution in [0.25, 0.3) is 0 Å². The highest BCUT2D eigenvalue weighted by Gasteiger charge is 2.16. The number of rotatable bonds is 3. The van der Waals surface area contributed by atoms with Gasteiger partial charge in [0.1, 0.15) is 5.82 Å². The van der Waals surface area contributed by atoms with E-state index in [9.17, 15) is 19.3 Å². The van der Waals surface area contributed by atoms with Crippen LogP contribution in [0, 0.1) is 27.8 Å². The molecule has 1 aromatic rings. The molecule has 0 aliphatic heterocycles. The van der Waals surface area contributed by atoms with E-state index in [-0.39, 0.29) is 17.8 Å². The number of nitro groups is 1. The van der Waals surface area contributed by atoms with Crippen LogP contribution in [0.2, 0.25) is 0 Å². The molecule has 0 aliphatic carbocycles. The van der Waals surface area contributed by atoms with Crippen molar-refractivity contribution in [1.82, 2.24) is 5.32 Å². The lowest BCUT2D eigenvalue weighted by atomic mass is 10.1.